The van der Waals surface area contributed by atoms with Crippen molar-refractivity contribution in [2.24, 2.45) is 0 Å². The van der Waals surface area contributed by atoms with Gasteiger partial charge < -0.3 is 10.1 Å². The minimum Gasteiger partial charge on any atom is -0.487 e. The molecule has 0 bridgehead atoms. The molecule has 8 heteroatoms. The van der Waals surface area contributed by atoms with Crippen LogP contribution in [-0.4, -0.2) is 22.5 Å². The van der Waals surface area contributed by atoms with Gasteiger partial charge in [0.2, 0.25) is 0 Å². The molecule has 0 aliphatic heterocycles. The maximum Gasteiger partial charge on any atom is 0.311 e. The van der Waals surface area contributed by atoms with E-state index in [2.05, 4.69) is 10.6 Å². The van der Waals surface area contributed by atoms with Crippen LogP contribution in [0.1, 0.15) is 22.8 Å². The first-order valence-corrected chi connectivity index (χ1v) is 7.91. The minimum atomic E-state index is -0.593. The lowest BCUT2D eigenvalue weighted by Crippen LogP contribution is -2.34. The number of thiocarbonyl (C=S) groups is 1. The number of ether oxygens (including phenoxy) is 1. The van der Waals surface area contributed by atoms with Crippen LogP contribution >= 0.6 is 12.2 Å². The Morgan fingerprint density at radius 3 is 2.52 bits per heavy atom. The lowest BCUT2D eigenvalue weighted by molar-refractivity contribution is -0.385. The summed E-state index contributed by atoms with van der Waals surface area (Å²) in [5.74, 6) is -0.430. The molecule has 0 aliphatic carbocycles. The fraction of sp³-hybridized carbons (Fsp3) is 0.176. The molecule has 0 atom stereocenters. The molecule has 0 radical (unpaired) electrons. The summed E-state index contributed by atoms with van der Waals surface area (Å²) >= 11 is 5.10. The van der Waals surface area contributed by atoms with Gasteiger partial charge in [-0.1, -0.05) is 17.7 Å². The Balaban J connectivity index is 2.09. The number of rotatable bonds is 5. The van der Waals surface area contributed by atoms with Crippen molar-refractivity contribution in [1.82, 2.24) is 5.32 Å². The van der Waals surface area contributed by atoms with Crippen molar-refractivity contribution >= 4 is 34.6 Å². The molecule has 0 aromatic heterocycles. The Morgan fingerprint density at radius 2 is 1.92 bits per heavy atom. The van der Waals surface area contributed by atoms with Gasteiger partial charge in [-0.05, 0) is 50.3 Å². The zero-order chi connectivity index (χ0) is 18.4. The van der Waals surface area contributed by atoms with Crippen LogP contribution in [0.15, 0.2) is 42.5 Å². The van der Waals surface area contributed by atoms with Crippen LogP contribution in [0.2, 0.25) is 0 Å². The van der Waals surface area contributed by atoms with Crippen LogP contribution < -0.4 is 15.4 Å². The number of aryl methyl sites for hydroxylation is 1. The third-order valence-electron chi connectivity index (χ3n) is 3.25. The number of nitro groups is 1. The fourth-order valence-electron chi connectivity index (χ4n) is 2.05. The Labute approximate surface area is 150 Å². The van der Waals surface area contributed by atoms with Crippen molar-refractivity contribution in [1.29, 1.82) is 0 Å². The zero-order valence-corrected chi connectivity index (χ0v) is 14.6. The van der Waals surface area contributed by atoms with Crippen molar-refractivity contribution < 1.29 is 14.5 Å². The van der Waals surface area contributed by atoms with Gasteiger partial charge in [-0.25, -0.2) is 0 Å². The SMILES string of the molecule is CCOc1ccc(C(=O)NC(=S)Nc2ccc(C)cc2)cc1[N+](=O)[O-]. The predicted octanol–water partition coefficient (Wildman–Crippen LogP) is 3.43. The maximum absolute atomic E-state index is 12.2. The Morgan fingerprint density at radius 1 is 1.24 bits per heavy atom. The van der Waals surface area contributed by atoms with Crippen LogP contribution in [0.3, 0.4) is 0 Å². The van der Waals surface area contributed by atoms with Gasteiger partial charge in [0.1, 0.15) is 0 Å². The maximum atomic E-state index is 12.2. The van der Waals surface area contributed by atoms with Crippen molar-refractivity contribution in [3.63, 3.8) is 0 Å². The number of carbonyl (C=O) groups excluding carboxylic acids is 1. The molecule has 0 heterocycles. The average molecular weight is 359 g/mol. The molecule has 0 unspecified atom stereocenters. The summed E-state index contributed by atoms with van der Waals surface area (Å²) in [7, 11) is 0. The summed E-state index contributed by atoms with van der Waals surface area (Å²) in [5, 5.41) is 16.6. The van der Waals surface area contributed by atoms with Gasteiger partial charge in [-0.15, -0.1) is 0 Å². The predicted molar refractivity (Wildman–Crippen MR) is 99.1 cm³/mol. The van der Waals surface area contributed by atoms with Gasteiger partial charge in [-0.2, -0.15) is 0 Å². The lowest BCUT2D eigenvalue weighted by Gasteiger charge is -2.10. The smallest absolute Gasteiger partial charge is 0.311 e. The standard InChI is InChI=1S/C17H17N3O4S/c1-3-24-15-9-6-12(10-14(15)20(22)23)16(21)19-17(25)18-13-7-4-11(2)5-8-13/h4-10H,3H2,1-2H3,(H2,18,19,21,25). The second kappa shape index (κ2) is 8.20. The number of nitro benzene ring substituents is 1. The first-order chi connectivity index (χ1) is 11.9. The number of hydrogen-bond acceptors (Lipinski definition) is 5. The summed E-state index contributed by atoms with van der Waals surface area (Å²) in [4.78, 5) is 22.8. The van der Waals surface area contributed by atoms with Crippen molar-refractivity contribution in [3.8, 4) is 5.75 Å². The fourth-order valence-corrected chi connectivity index (χ4v) is 2.26. The molecule has 7 nitrogen and oxygen atoms in total. The summed E-state index contributed by atoms with van der Waals surface area (Å²) < 4.78 is 5.19. The average Bonchev–Trinajstić information content (AvgIpc) is 2.57. The Kier molecular flexibility index (Phi) is 6.02. The monoisotopic (exact) mass is 359 g/mol. The second-order valence-corrected chi connectivity index (χ2v) is 5.56. The molecule has 25 heavy (non-hydrogen) atoms. The molecule has 2 N–H and O–H groups in total. The molecule has 1 amide bonds. The van der Waals surface area contributed by atoms with Gasteiger partial charge in [0, 0.05) is 17.3 Å². The third kappa shape index (κ3) is 4.98. The van der Waals surface area contributed by atoms with Gasteiger partial charge in [0.05, 0.1) is 11.5 Å². The van der Waals surface area contributed by atoms with Crippen molar-refractivity contribution in [2.75, 3.05) is 11.9 Å². The largest absolute Gasteiger partial charge is 0.487 e. The van der Waals surface area contributed by atoms with Crippen molar-refractivity contribution in [3.05, 3.63) is 63.7 Å². The van der Waals surface area contributed by atoms with E-state index in [-0.39, 0.29) is 28.7 Å². The number of hydrogen-bond donors (Lipinski definition) is 2. The lowest BCUT2D eigenvalue weighted by atomic mass is 10.1. The number of benzene rings is 2. The van der Waals surface area contributed by atoms with Gasteiger partial charge >= 0.3 is 5.69 Å². The molecule has 130 valence electrons. The highest BCUT2D eigenvalue weighted by Gasteiger charge is 2.19. The normalized spacial score (nSPS) is 10.0. The minimum absolute atomic E-state index is 0.102. The molecule has 0 fully saturated rings. The van der Waals surface area contributed by atoms with Gasteiger partial charge in [-0.3, -0.25) is 20.2 Å². The summed E-state index contributed by atoms with van der Waals surface area (Å²) in [6.07, 6.45) is 0. The Bertz CT molecular complexity index is 806. The zero-order valence-electron chi connectivity index (χ0n) is 13.7. The topological polar surface area (TPSA) is 93.5 Å². The molecule has 0 saturated carbocycles. The molecule has 2 rings (SSSR count). The summed E-state index contributed by atoms with van der Waals surface area (Å²) in [6.45, 7) is 3.97. The van der Waals surface area contributed by atoms with E-state index in [0.717, 1.165) is 17.3 Å². The number of anilines is 1. The highest BCUT2D eigenvalue weighted by molar-refractivity contribution is 7.80. The van der Waals surface area contributed by atoms with Crippen LogP contribution in [0.25, 0.3) is 0 Å². The third-order valence-corrected chi connectivity index (χ3v) is 3.46. The first-order valence-electron chi connectivity index (χ1n) is 7.51. The second-order valence-electron chi connectivity index (χ2n) is 5.15. The number of carbonyl (C=O) groups is 1. The number of nitrogens with zero attached hydrogens (tertiary/aromatic N) is 1. The van der Waals surface area contributed by atoms with Crippen LogP contribution in [-0.2, 0) is 0 Å². The van der Waals surface area contributed by atoms with Crippen LogP contribution in [0.4, 0.5) is 11.4 Å². The van der Waals surface area contributed by atoms with Gasteiger partial charge in [0.15, 0.2) is 10.9 Å². The van der Waals surface area contributed by atoms with Crippen molar-refractivity contribution in [2.45, 2.75) is 13.8 Å². The highest BCUT2D eigenvalue weighted by Crippen LogP contribution is 2.27. The molecular formula is C17H17N3O4S. The summed E-state index contributed by atoms with van der Waals surface area (Å²) in [6, 6.07) is 11.5. The number of nitrogens with one attached hydrogen (secondary N) is 2. The highest BCUT2D eigenvalue weighted by atomic mass is 32.1. The quantitative estimate of drug-likeness (QED) is 0.483. The molecule has 2 aromatic rings. The van der Waals surface area contributed by atoms with E-state index in [0.29, 0.717) is 0 Å². The van der Waals surface area contributed by atoms with E-state index in [4.69, 9.17) is 17.0 Å². The molecule has 0 aliphatic rings. The van der Waals surface area contributed by atoms with Gasteiger partial charge in [0.25, 0.3) is 5.91 Å². The Hall–Kier alpha value is -3.00. The van der Waals surface area contributed by atoms with E-state index in [1.54, 1.807) is 6.92 Å². The van der Waals surface area contributed by atoms with E-state index in [9.17, 15) is 14.9 Å². The van der Waals surface area contributed by atoms with E-state index < -0.39 is 10.8 Å². The van der Waals surface area contributed by atoms with E-state index in [1.165, 1.54) is 12.1 Å². The summed E-state index contributed by atoms with van der Waals surface area (Å²) in [5.41, 5.74) is 1.67. The van der Waals surface area contributed by atoms with Crippen LogP contribution in [0.5, 0.6) is 5.75 Å². The molecule has 2 aromatic carbocycles. The first kappa shape index (κ1) is 18.3. The van der Waals surface area contributed by atoms with E-state index in [1.807, 2.05) is 31.2 Å². The molecule has 0 spiro atoms. The van der Waals surface area contributed by atoms with Crippen LogP contribution in [0, 0.1) is 17.0 Å². The molecular weight excluding hydrogens is 342 g/mol. The van der Waals surface area contributed by atoms with E-state index >= 15 is 0 Å². The molecule has 0 saturated heterocycles. The number of amides is 1.